The van der Waals surface area contributed by atoms with Crippen LogP contribution in [0.3, 0.4) is 0 Å². The average molecular weight is 549 g/mol. The van der Waals surface area contributed by atoms with E-state index in [0.29, 0.717) is 38.3 Å². The number of ether oxygens (including phenoxy) is 1. The maximum absolute atomic E-state index is 12.5. The highest BCUT2D eigenvalue weighted by atomic mass is 127. The van der Waals surface area contributed by atoms with Crippen LogP contribution in [0.15, 0.2) is 29.3 Å². The molecule has 0 saturated carbocycles. The minimum absolute atomic E-state index is 0. The van der Waals surface area contributed by atoms with Crippen molar-refractivity contribution in [2.75, 3.05) is 45.1 Å². The lowest BCUT2D eigenvalue weighted by Crippen LogP contribution is -2.54. The Bertz CT molecular complexity index is 814. The second-order valence-corrected chi connectivity index (χ2v) is 9.19. The van der Waals surface area contributed by atoms with Crippen LogP contribution in [0.4, 0.5) is 0 Å². The van der Waals surface area contributed by atoms with E-state index < -0.39 is 10.0 Å². The van der Waals surface area contributed by atoms with Crippen LogP contribution in [-0.4, -0.2) is 74.8 Å². The van der Waals surface area contributed by atoms with Crippen LogP contribution in [0.2, 0.25) is 0 Å². The van der Waals surface area contributed by atoms with E-state index in [2.05, 4.69) is 21.3 Å². The summed E-state index contributed by atoms with van der Waals surface area (Å²) in [5.41, 5.74) is 1.64. The maximum Gasteiger partial charge on any atom is 0.216 e. The van der Waals surface area contributed by atoms with Crippen molar-refractivity contribution >= 4 is 40.0 Å². The molecule has 1 heterocycles. The van der Waals surface area contributed by atoms with Gasteiger partial charge in [0.2, 0.25) is 10.0 Å². The van der Waals surface area contributed by atoms with E-state index in [4.69, 9.17) is 10.00 Å². The highest BCUT2D eigenvalue weighted by Crippen LogP contribution is 2.10. The number of piperazine rings is 1. The van der Waals surface area contributed by atoms with E-state index in [0.717, 1.165) is 18.1 Å². The Balaban J connectivity index is 0.00000450. The molecule has 0 spiro atoms. The molecule has 0 amide bonds. The molecule has 0 aliphatic carbocycles. The largest absolute Gasteiger partial charge is 0.378 e. The van der Waals surface area contributed by atoms with Gasteiger partial charge in [0.25, 0.3) is 0 Å². The molecule has 1 fully saturated rings. The summed E-state index contributed by atoms with van der Waals surface area (Å²) < 4.78 is 31.9. The van der Waals surface area contributed by atoms with Crippen molar-refractivity contribution < 1.29 is 13.2 Å². The highest BCUT2D eigenvalue weighted by molar-refractivity contribution is 14.0. The van der Waals surface area contributed by atoms with E-state index >= 15 is 0 Å². The number of benzene rings is 1. The number of halogens is 1. The number of sulfonamides is 1. The van der Waals surface area contributed by atoms with Crippen LogP contribution in [0.5, 0.6) is 0 Å². The van der Waals surface area contributed by atoms with Gasteiger partial charge in [-0.3, -0.25) is 0 Å². The third-order valence-corrected chi connectivity index (χ3v) is 6.39. The van der Waals surface area contributed by atoms with Gasteiger partial charge in [0.05, 0.1) is 36.6 Å². The Morgan fingerprint density at radius 1 is 1.23 bits per heavy atom. The molecule has 8 nitrogen and oxygen atoms in total. The molecule has 1 saturated heterocycles. The van der Waals surface area contributed by atoms with Crippen LogP contribution < -0.4 is 5.32 Å². The molecule has 0 atom stereocenters. The van der Waals surface area contributed by atoms with Gasteiger partial charge in [-0.15, -0.1) is 24.0 Å². The van der Waals surface area contributed by atoms with Crippen LogP contribution in [0.25, 0.3) is 0 Å². The molecule has 2 rings (SSSR count). The zero-order chi connectivity index (χ0) is 21.3. The topological polar surface area (TPSA) is 98.0 Å². The van der Waals surface area contributed by atoms with Gasteiger partial charge < -0.3 is 15.0 Å². The molecular formula is C20H32IN5O3S. The second kappa shape index (κ2) is 13.1. The summed E-state index contributed by atoms with van der Waals surface area (Å²) >= 11 is 0. The first-order valence-electron chi connectivity index (χ1n) is 9.97. The van der Waals surface area contributed by atoms with Crippen LogP contribution in [0, 0.1) is 11.3 Å². The molecule has 1 aromatic carbocycles. The van der Waals surface area contributed by atoms with Crippen LogP contribution in [0.1, 0.15) is 31.9 Å². The number of guanidine groups is 1. The standard InChI is InChI=1S/C20H31N5O3S.HI/c1-4-22-20(23-16-19-7-5-18(15-21)6-8-19)24-9-11-25(12-10-24)29(26,27)14-13-28-17(2)3;/h5-8,17H,4,9-14,16H2,1-3H3,(H,22,23);1H. The predicted octanol–water partition coefficient (Wildman–Crippen LogP) is 2.01. The summed E-state index contributed by atoms with van der Waals surface area (Å²) in [4.78, 5) is 6.77. The van der Waals surface area contributed by atoms with Crippen molar-refractivity contribution in [2.24, 2.45) is 4.99 Å². The lowest BCUT2D eigenvalue weighted by molar-refractivity contribution is 0.0904. The van der Waals surface area contributed by atoms with Gasteiger partial charge in [-0.2, -0.15) is 9.57 Å². The van der Waals surface area contributed by atoms with Crippen molar-refractivity contribution in [3.05, 3.63) is 35.4 Å². The summed E-state index contributed by atoms with van der Waals surface area (Å²) in [6.07, 6.45) is 0.0250. The summed E-state index contributed by atoms with van der Waals surface area (Å²) in [7, 11) is -3.31. The van der Waals surface area contributed by atoms with Crippen molar-refractivity contribution in [3.8, 4) is 6.07 Å². The molecule has 0 unspecified atom stereocenters. The Hall–Kier alpha value is -1.42. The number of hydrogen-bond donors (Lipinski definition) is 1. The molecule has 1 aliphatic heterocycles. The van der Waals surface area contributed by atoms with Gasteiger partial charge in [0.15, 0.2) is 5.96 Å². The first-order chi connectivity index (χ1) is 13.9. The quantitative estimate of drug-likeness (QED) is 0.303. The molecule has 1 N–H and O–H groups in total. The van der Waals surface area contributed by atoms with Crippen molar-refractivity contribution in [1.82, 2.24) is 14.5 Å². The molecular weight excluding hydrogens is 517 g/mol. The molecule has 168 valence electrons. The number of hydrogen-bond acceptors (Lipinski definition) is 5. The number of nitriles is 1. The summed E-state index contributed by atoms with van der Waals surface area (Å²) in [5, 5.41) is 12.2. The maximum atomic E-state index is 12.5. The summed E-state index contributed by atoms with van der Waals surface area (Å²) in [6.45, 7) is 9.29. The number of aliphatic imine (C=N–C) groups is 1. The van der Waals surface area contributed by atoms with Crippen LogP contribution >= 0.6 is 24.0 Å². The summed E-state index contributed by atoms with van der Waals surface area (Å²) in [6, 6.07) is 9.47. The van der Waals surface area contributed by atoms with E-state index in [9.17, 15) is 8.42 Å². The molecule has 10 heteroatoms. The highest BCUT2D eigenvalue weighted by Gasteiger charge is 2.28. The number of nitrogens with one attached hydrogen (secondary N) is 1. The van der Waals surface area contributed by atoms with Crippen molar-refractivity contribution in [2.45, 2.75) is 33.4 Å². The zero-order valence-corrected chi connectivity index (χ0v) is 21.0. The fourth-order valence-electron chi connectivity index (χ4n) is 2.97. The zero-order valence-electron chi connectivity index (χ0n) is 17.9. The SMILES string of the molecule is CCNC(=NCc1ccc(C#N)cc1)N1CCN(S(=O)(=O)CCOC(C)C)CC1.I. The van der Waals surface area contributed by atoms with Gasteiger partial charge >= 0.3 is 0 Å². The molecule has 30 heavy (non-hydrogen) atoms. The molecule has 1 aliphatic rings. The minimum atomic E-state index is -3.31. The minimum Gasteiger partial charge on any atom is -0.378 e. The molecule has 0 radical (unpaired) electrons. The normalized spacial score (nSPS) is 15.6. The third kappa shape index (κ3) is 8.37. The first kappa shape index (κ1) is 26.6. The average Bonchev–Trinajstić information content (AvgIpc) is 2.71. The van der Waals surface area contributed by atoms with E-state index in [-0.39, 0.29) is 42.4 Å². The monoisotopic (exact) mass is 549 g/mol. The van der Waals surface area contributed by atoms with Gasteiger partial charge in [-0.05, 0) is 38.5 Å². The fourth-order valence-corrected chi connectivity index (χ4v) is 4.26. The Labute approximate surface area is 197 Å². The Kier molecular flexibility index (Phi) is 11.6. The molecule has 1 aromatic rings. The van der Waals surface area contributed by atoms with Gasteiger partial charge in [0.1, 0.15) is 0 Å². The van der Waals surface area contributed by atoms with Crippen molar-refractivity contribution in [3.63, 3.8) is 0 Å². The predicted molar refractivity (Wildman–Crippen MR) is 129 cm³/mol. The Morgan fingerprint density at radius 3 is 2.40 bits per heavy atom. The first-order valence-corrected chi connectivity index (χ1v) is 11.6. The van der Waals surface area contributed by atoms with Gasteiger partial charge in [-0.1, -0.05) is 12.1 Å². The smallest absolute Gasteiger partial charge is 0.216 e. The van der Waals surface area contributed by atoms with Crippen LogP contribution in [-0.2, 0) is 21.3 Å². The van der Waals surface area contributed by atoms with Gasteiger partial charge in [-0.25, -0.2) is 13.4 Å². The van der Waals surface area contributed by atoms with E-state index in [1.54, 1.807) is 12.1 Å². The Morgan fingerprint density at radius 2 is 1.87 bits per heavy atom. The fraction of sp³-hybridized carbons (Fsp3) is 0.600. The van der Waals surface area contributed by atoms with Gasteiger partial charge in [0, 0.05) is 32.7 Å². The van der Waals surface area contributed by atoms with E-state index in [1.807, 2.05) is 32.9 Å². The lowest BCUT2D eigenvalue weighted by Gasteiger charge is -2.36. The second-order valence-electron chi connectivity index (χ2n) is 7.10. The van der Waals surface area contributed by atoms with E-state index in [1.165, 1.54) is 4.31 Å². The third-order valence-electron chi connectivity index (χ3n) is 4.55. The lowest BCUT2D eigenvalue weighted by atomic mass is 10.1. The molecule has 0 bridgehead atoms. The summed E-state index contributed by atoms with van der Waals surface area (Å²) in [5.74, 6) is 0.787. The number of nitrogens with zero attached hydrogens (tertiary/aromatic N) is 4. The molecule has 0 aromatic heterocycles. The number of rotatable bonds is 8. The van der Waals surface area contributed by atoms with Crippen molar-refractivity contribution in [1.29, 1.82) is 5.26 Å².